The lowest BCUT2D eigenvalue weighted by Gasteiger charge is -2.34. The number of carbonyl (C=O) groups is 1. The summed E-state index contributed by atoms with van der Waals surface area (Å²) in [4.78, 5) is 19.4. The highest BCUT2D eigenvalue weighted by Gasteiger charge is 2.31. The number of aryl methyl sites for hydroxylation is 2. The van der Waals surface area contributed by atoms with Crippen molar-refractivity contribution >= 4 is 37.7 Å². The van der Waals surface area contributed by atoms with Crippen LogP contribution < -0.4 is 0 Å². The largest absolute Gasteiger partial charge is 0.336 e. The van der Waals surface area contributed by atoms with Crippen LogP contribution in [-0.4, -0.2) is 64.5 Å². The Labute approximate surface area is 186 Å². The van der Waals surface area contributed by atoms with Crippen molar-refractivity contribution in [2.24, 2.45) is 7.05 Å². The Morgan fingerprint density at radius 2 is 1.69 bits per heavy atom. The van der Waals surface area contributed by atoms with Gasteiger partial charge in [-0.25, -0.2) is 13.4 Å². The molecule has 3 heterocycles. The predicted molar refractivity (Wildman–Crippen MR) is 122 cm³/mol. The van der Waals surface area contributed by atoms with E-state index in [1.165, 1.54) is 4.31 Å². The lowest BCUT2D eigenvalue weighted by molar-refractivity contribution is 0.0697. The van der Waals surface area contributed by atoms with Crippen molar-refractivity contribution in [3.8, 4) is 0 Å². The average molecular weight is 450 g/mol. The highest BCUT2D eigenvalue weighted by molar-refractivity contribution is 7.89. The SMILES string of the molecule is Cc1nn(C)c2ncc(C(=O)N3CCN(S(=O)(=O)c4ccc5ccccc5c4)CC3)cc12. The van der Waals surface area contributed by atoms with Crippen LogP contribution in [0.15, 0.2) is 59.6 Å². The summed E-state index contributed by atoms with van der Waals surface area (Å²) in [5.41, 5.74) is 2.03. The number of hydrogen-bond acceptors (Lipinski definition) is 5. The third kappa shape index (κ3) is 3.43. The molecular weight excluding hydrogens is 426 g/mol. The molecule has 0 unspecified atom stereocenters. The van der Waals surface area contributed by atoms with Crippen LogP contribution in [0, 0.1) is 6.92 Å². The molecule has 4 aromatic rings. The number of pyridine rings is 1. The van der Waals surface area contributed by atoms with Gasteiger partial charge in [-0.15, -0.1) is 0 Å². The number of benzene rings is 2. The Bertz CT molecular complexity index is 1450. The maximum atomic E-state index is 13.2. The zero-order valence-electron chi connectivity index (χ0n) is 17.9. The summed E-state index contributed by atoms with van der Waals surface area (Å²) in [6.07, 6.45) is 1.56. The summed E-state index contributed by atoms with van der Waals surface area (Å²) in [6.45, 7) is 3.05. The summed E-state index contributed by atoms with van der Waals surface area (Å²) >= 11 is 0. The van der Waals surface area contributed by atoms with E-state index in [1.54, 1.807) is 27.9 Å². The van der Waals surface area contributed by atoms with Gasteiger partial charge in [0.1, 0.15) is 0 Å². The van der Waals surface area contributed by atoms with E-state index >= 15 is 0 Å². The minimum absolute atomic E-state index is 0.148. The van der Waals surface area contributed by atoms with Crippen LogP contribution in [0.5, 0.6) is 0 Å². The van der Waals surface area contributed by atoms with E-state index in [9.17, 15) is 13.2 Å². The molecule has 0 radical (unpaired) electrons. The predicted octanol–water partition coefficient (Wildman–Crippen LogP) is 2.58. The smallest absolute Gasteiger partial charge is 0.255 e. The van der Waals surface area contributed by atoms with Gasteiger partial charge in [0.2, 0.25) is 10.0 Å². The molecule has 0 saturated carbocycles. The number of piperazine rings is 1. The van der Waals surface area contributed by atoms with Crippen molar-refractivity contribution in [3.05, 3.63) is 66.0 Å². The van der Waals surface area contributed by atoms with Gasteiger partial charge in [0.05, 0.1) is 16.2 Å². The van der Waals surface area contributed by atoms with Crippen LogP contribution in [0.1, 0.15) is 16.1 Å². The summed E-state index contributed by atoms with van der Waals surface area (Å²) in [7, 11) is -1.81. The lowest BCUT2D eigenvalue weighted by atomic mass is 10.1. The molecule has 1 aliphatic rings. The monoisotopic (exact) mass is 449 g/mol. The standard InChI is InChI=1S/C23H23N5O3S/c1-16-21-14-19(15-24-22(21)26(2)25-16)23(29)27-9-11-28(12-10-27)32(30,31)20-8-7-17-5-3-4-6-18(17)13-20/h3-8,13-15H,9-12H2,1-2H3. The van der Waals surface area contributed by atoms with E-state index in [1.807, 2.05) is 50.4 Å². The first kappa shape index (κ1) is 20.6. The van der Waals surface area contributed by atoms with Gasteiger partial charge in [-0.1, -0.05) is 30.3 Å². The van der Waals surface area contributed by atoms with Crippen LogP contribution in [0.2, 0.25) is 0 Å². The number of carbonyl (C=O) groups excluding carboxylic acids is 1. The van der Waals surface area contributed by atoms with E-state index in [-0.39, 0.29) is 23.9 Å². The molecule has 8 nitrogen and oxygen atoms in total. The number of sulfonamides is 1. The second-order valence-electron chi connectivity index (χ2n) is 8.01. The first-order chi connectivity index (χ1) is 15.3. The van der Waals surface area contributed by atoms with Gasteiger partial charge in [0.15, 0.2) is 5.65 Å². The molecule has 32 heavy (non-hydrogen) atoms. The van der Waals surface area contributed by atoms with E-state index in [2.05, 4.69) is 10.1 Å². The zero-order valence-corrected chi connectivity index (χ0v) is 18.7. The molecule has 0 atom stereocenters. The van der Waals surface area contributed by atoms with Crippen molar-refractivity contribution in [1.82, 2.24) is 24.0 Å². The Balaban J connectivity index is 1.32. The second-order valence-corrected chi connectivity index (χ2v) is 9.95. The van der Waals surface area contributed by atoms with Crippen LogP contribution in [0.25, 0.3) is 21.8 Å². The zero-order chi connectivity index (χ0) is 22.5. The Morgan fingerprint density at radius 1 is 0.969 bits per heavy atom. The van der Waals surface area contributed by atoms with E-state index in [0.717, 1.165) is 27.5 Å². The fraction of sp³-hybridized carbons (Fsp3) is 0.261. The minimum Gasteiger partial charge on any atom is -0.336 e. The summed E-state index contributed by atoms with van der Waals surface area (Å²) < 4.78 is 29.5. The van der Waals surface area contributed by atoms with Crippen molar-refractivity contribution in [2.45, 2.75) is 11.8 Å². The molecular formula is C23H23N5O3S. The molecule has 0 bridgehead atoms. The number of rotatable bonds is 3. The van der Waals surface area contributed by atoms with E-state index in [0.29, 0.717) is 18.7 Å². The molecule has 1 fully saturated rings. The topological polar surface area (TPSA) is 88.4 Å². The van der Waals surface area contributed by atoms with Gasteiger partial charge in [0, 0.05) is 44.8 Å². The third-order valence-electron chi connectivity index (χ3n) is 5.99. The fourth-order valence-corrected chi connectivity index (χ4v) is 5.67. The molecule has 0 aliphatic carbocycles. The Kier molecular flexibility index (Phi) is 4.94. The van der Waals surface area contributed by atoms with Crippen molar-refractivity contribution in [2.75, 3.05) is 26.2 Å². The number of fused-ring (bicyclic) bond motifs is 2. The maximum absolute atomic E-state index is 13.2. The van der Waals surface area contributed by atoms with Gasteiger partial charge in [0.25, 0.3) is 5.91 Å². The molecule has 0 spiro atoms. The summed E-state index contributed by atoms with van der Waals surface area (Å²) in [6, 6.07) is 14.7. The summed E-state index contributed by atoms with van der Waals surface area (Å²) in [5.74, 6) is -0.148. The highest BCUT2D eigenvalue weighted by atomic mass is 32.2. The van der Waals surface area contributed by atoms with Crippen molar-refractivity contribution in [3.63, 3.8) is 0 Å². The molecule has 164 valence electrons. The first-order valence-electron chi connectivity index (χ1n) is 10.4. The molecule has 9 heteroatoms. The van der Waals surface area contributed by atoms with E-state index in [4.69, 9.17) is 0 Å². The average Bonchev–Trinajstić information content (AvgIpc) is 3.11. The first-order valence-corrected chi connectivity index (χ1v) is 11.9. The quantitative estimate of drug-likeness (QED) is 0.480. The molecule has 1 amide bonds. The molecule has 5 rings (SSSR count). The number of amides is 1. The molecule has 2 aromatic carbocycles. The van der Waals surface area contributed by atoms with Crippen LogP contribution in [0.3, 0.4) is 0 Å². The van der Waals surface area contributed by atoms with Crippen LogP contribution in [-0.2, 0) is 17.1 Å². The van der Waals surface area contributed by atoms with Gasteiger partial charge >= 0.3 is 0 Å². The Morgan fingerprint density at radius 3 is 2.44 bits per heavy atom. The van der Waals surface area contributed by atoms with E-state index < -0.39 is 10.0 Å². The fourth-order valence-electron chi connectivity index (χ4n) is 4.22. The highest BCUT2D eigenvalue weighted by Crippen LogP contribution is 2.24. The molecule has 1 saturated heterocycles. The van der Waals surface area contributed by atoms with Crippen molar-refractivity contribution in [1.29, 1.82) is 0 Å². The molecule has 1 aliphatic heterocycles. The minimum atomic E-state index is -3.63. The number of hydrogen-bond donors (Lipinski definition) is 0. The van der Waals surface area contributed by atoms with Crippen LogP contribution in [0.4, 0.5) is 0 Å². The van der Waals surface area contributed by atoms with Crippen molar-refractivity contribution < 1.29 is 13.2 Å². The van der Waals surface area contributed by atoms with Gasteiger partial charge in [-0.3, -0.25) is 9.48 Å². The number of aromatic nitrogens is 3. The van der Waals surface area contributed by atoms with Gasteiger partial charge < -0.3 is 4.90 Å². The van der Waals surface area contributed by atoms with Gasteiger partial charge in [-0.05, 0) is 35.9 Å². The Hall–Kier alpha value is -3.30. The second kappa shape index (κ2) is 7.68. The van der Waals surface area contributed by atoms with Gasteiger partial charge in [-0.2, -0.15) is 9.40 Å². The molecule has 0 N–H and O–H groups in total. The summed E-state index contributed by atoms with van der Waals surface area (Å²) in [5, 5.41) is 7.07. The lowest BCUT2D eigenvalue weighted by Crippen LogP contribution is -2.50. The normalized spacial score (nSPS) is 15.5. The molecule has 2 aromatic heterocycles. The maximum Gasteiger partial charge on any atom is 0.255 e. The third-order valence-corrected chi connectivity index (χ3v) is 7.89. The van der Waals surface area contributed by atoms with Crippen LogP contribution >= 0.6 is 0 Å². The number of nitrogens with zero attached hydrogens (tertiary/aromatic N) is 5.